The number of aryl methyl sites for hydroxylation is 2. The minimum Gasteiger partial charge on any atom is -0.450 e. The summed E-state index contributed by atoms with van der Waals surface area (Å²) in [4.78, 5) is 25.2. The molecule has 3 aromatic rings. The molecule has 0 bridgehead atoms. The van der Waals surface area contributed by atoms with E-state index in [-0.39, 0.29) is 6.09 Å². The molecule has 0 saturated heterocycles. The number of nitrogens with one attached hydrogen (secondary N) is 1. The van der Waals surface area contributed by atoms with E-state index in [1.165, 1.54) is 0 Å². The van der Waals surface area contributed by atoms with Crippen LogP contribution in [0.15, 0.2) is 18.3 Å². The molecule has 0 saturated carbocycles. The standard InChI is InChI=1S/C20H28N6O2/c1-3-5-10-15-25-17-18(16-14(24-19(17)21)9-8-12-22-16)26(15)13-7-6-11-23-20(27)28-4-2/h8-9,12H,3-7,10-11,13H2,1-2H3,(H2,21,24)(H,23,27). The molecule has 3 aromatic heterocycles. The van der Waals surface area contributed by atoms with Gasteiger partial charge < -0.3 is 20.4 Å². The molecule has 3 N–H and O–H groups in total. The van der Waals surface area contributed by atoms with Crippen LogP contribution in [0.1, 0.15) is 45.4 Å². The number of pyridine rings is 2. The van der Waals surface area contributed by atoms with Gasteiger partial charge in [-0.2, -0.15) is 0 Å². The Morgan fingerprint density at radius 1 is 1.21 bits per heavy atom. The number of anilines is 1. The van der Waals surface area contributed by atoms with Gasteiger partial charge in [0.2, 0.25) is 0 Å². The van der Waals surface area contributed by atoms with E-state index >= 15 is 0 Å². The zero-order valence-corrected chi connectivity index (χ0v) is 16.6. The highest BCUT2D eigenvalue weighted by atomic mass is 16.5. The monoisotopic (exact) mass is 384 g/mol. The van der Waals surface area contributed by atoms with Gasteiger partial charge in [0.05, 0.1) is 12.1 Å². The summed E-state index contributed by atoms with van der Waals surface area (Å²) in [5.74, 6) is 1.46. The third kappa shape index (κ3) is 4.32. The predicted molar refractivity (Wildman–Crippen MR) is 110 cm³/mol. The number of imidazole rings is 1. The topological polar surface area (TPSA) is 108 Å². The van der Waals surface area contributed by atoms with Crippen molar-refractivity contribution in [2.75, 3.05) is 18.9 Å². The SMILES string of the molecule is CCCCc1nc2c(N)nc3cccnc3c2n1CCCCNC(=O)OCC. The molecular weight excluding hydrogens is 356 g/mol. The minimum absolute atomic E-state index is 0.367. The molecule has 0 fully saturated rings. The number of hydrogen-bond donors (Lipinski definition) is 2. The van der Waals surface area contributed by atoms with Crippen LogP contribution in [0, 0.1) is 0 Å². The first-order valence-electron chi connectivity index (χ1n) is 9.95. The average Bonchev–Trinajstić information content (AvgIpc) is 3.06. The first-order chi connectivity index (χ1) is 13.7. The Morgan fingerprint density at radius 3 is 2.86 bits per heavy atom. The molecule has 8 nitrogen and oxygen atoms in total. The van der Waals surface area contributed by atoms with Gasteiger partial charge in [-0.25, -0.2) is 14.8 Å². The molecule has 0 aliphatic heterocycles. The van der Waals surface area contributed by atoms with Gasteiger partial charge in [-0.1, -0.05) is 13.3 Å². The highest BCUT2D eigenvalue weighted by molar-refractivity contribution is 6.04. The minimum atomic E-state index is -0.367. The van der Waals surface area contributed by atoms with Crippen LogP contribution in [0.4, 0.5) is 10.6 Å². The van der Waals surface area contributed by atoms with E-state index in [2.05, 4.69) is 26.8 Å². The Bertz CT molecular complexity index is 953. The molecule has 0 unspecified atom stereocenters. The summed E-state index contributed by atoms with van der Waals surface area (Å²) in [6.45, 7) is 5.71. The fourth-order valence-electron chi connectivity index (χ4n) is 3.30. The summed E-state index contributed by atoms with van der Waals surface area (Å²) in [5.41, 5.74) is 9.47. The molecule has 8 heteroatoms. The Labute approximate surface area is 164 Å². The fourth-order valence-corrected chi connectivity index (χ4v) is 3.30. The van der Waals surface area contributed by atoms with Crippen molar-refractivity contribution in [1.82, 2.24) is 24.8 Å². The van der Waals surface area contributed by atoms with Crippen LogP contribution in [0.2, 0.25) is 0 Å². The lowest BCUT2D eigenvalue weighted by atomic mass is 10.2. The number of rotatable bonds is 9. The first-order valence-corrected chi connectivity index (χ1v) is 9.95. The fraction of sp³-hybridized carbons (Fsp3) is 0.500. The summed E-state index contributed by atoms with van der Waals surface area (Å²) in [6.07, 6.45) is 6.19. The number of fused-ring (bicyclic) bond motifs is 3. The zero-order valence-electron chi connectivity index (χ0n) is 16.6. The van der Waals surface area contributed by atoms with Gasteiger partial charge in [-0.05, 0) is 38.3 Å². The number of unbranched alkanes of at least 4 members (excludes halogenated alkanes) is 2. The van der Waals surface area contributed by atoms with E-state index in [9.17, 15) is 4.79 Å². The third-order valence-corrected chi connectivity index (χ3v) is 4.65. The lowest BCUT2D eigenvalue weighted by Gasteiger charge is -2.11. The summed E-state index contributed by atoms with van der Waals surface area (Å²) in [7, 11) is 0. The Morgan fingerprint density at radius 2 is 2.07 bits per heavy atom. The smallest absolute Gasteiger partial charge is 0.407 e. The van der Waals surface area contributed by atoms with Crippen molar-refractivity contribution in [3.8, 4) is 0 Å². The van der Waals surface area contributed by atoms with Crippen molar-refractivity contribution < 1.29 is 9.53 Å². The Kier molecular flexibility index (Phi) is 6.62. The van der Waals surface area contributed by atoms with Gasteiger partial charge in [-0.3, -0.25) is 4.98 Å². The average molecular weight is 384 g/mol. The lowest BCUT2D eigenvalue weighted by molar-refractivity contribution is 0.152. The number of alkyl carbamates (subject to hydrolysis) is 1. The summed E-state index contributed by atoms with van der Waals surface area (Å²) in [6, 6.07) is 3.78. The molecular formula is C20H28N6O2. The zero-order chi connectivity index (χ0) is 19.9. The molecule has 28 heavy (non-hydrogen) atoms. The molecule has 150 valence electrons. The number of aromatic nitrogens is 4. The molecule has 3 rings (SSSR count). The van der Waals surface area contributed by atoms with Gasteiger partial charge >= 0.3 is 6.09 Å². The van der Waals surface area contributed by atoms with E-state index in [0.29, 0.717) is 19.0 Å². The predicted octanol–water partition coefficient (Wildman–Crippen LogP) is 3.43. The lowest BCUT2D eigenvalue weighted by Crippen LogP contribution is -2.25. The second-order valence-electron chi connectivity index (χ2n) is 6.70. The van der Waals surface area contributed by atoms with Crippen LogP contribution < -0.4 is 11.1 Å². The van der Waals surface area contributed by atoms with Crippen LogP contribution in [0.5, 0.6) is 0 Å². The van der Waals surface area contributed by atoms with Crippen LogP contribution in [0.3, 0.4) is 0 Å². The van der Waals surface area contributed by atoms with E-state index < -0.39 is 0 Å². The second kappa shape index (κ2) is 9.34. The molecule has 0 aromatic carbocycles. The number of nitrogens with zero attached hydrogens (tertiary/aromatic N) is 4. The maximum atomic E-state index is 11.4. The number of hydrogen-bond acceptors (Lipinski definition) is 6. The van der Waals surface area contributed by atoms with Gasteiger partial charge in [-0.15, -0.1) is 0 Å². The van der Waals surface area contributed by atoms with E-state index in [4.69, 9.17) is 15.5 Å². The first kappa shape index (κ1) is 19.9. The molecule has 3 heterocycles. The van der Waals surface area contributed by atoms with E-state index in [1.807, 2.05) is 12.1 Å². The maximum absolute atomic E-state index is 11.4. The van der Waals surface area contributed by atoms with Crippen molar-refractivity contribution in [2.45, 2.75) is 52.5 Å². The van der Waals surface area contributed by atoms with E-state index in [1.54, 1.807) is 13.1 Å². The number of carbonyl (C=O) groups excluding carboxylic acids is 1. The number of nitrogens with two attached hydrogens (primary N) is 1. The summed E-state index contributed by atoms with van der Waals surface area (Å²) < 4.78 is 7.11. The van der Waals surface area contributed by atoms with Crippen molar-refractivity contribution in [3.05, 3.63) is 24.2 Å². The van der Waals surface area contributed by atoms with Crippen molar-refractivity contribution in [2.24, 2.45) is 0 Å². The molecule has 0 spiro atoms. The molecule has 0 radical (unpaired) electrons. The van der Waals surface area contributed by atoms with Gasteiger partial charge in [0.15, 0.2) is 5.82 Å². The largest absolute Gasteiger partial charge is 0.450 e. The van der Waals surface area contributed by atoms with Crippen molar-refractivity contribution in [1.29, 1.82) is 0 Å². The quantitative estimate of drug-likeness (QED) is 0.547. The van der Waals surface area contributed by atoms with Crippen LogP contribution >= 0.6 is 0 Å². The van der Waals surface area contributed by atoms with Gasteiger partial charge in [0.1, 0.15) is 22.4 Å². The van der Waals surface area contributed by atoms with Crippen molar-refractivity contribution in [3.63, 3.8) is 0 Å². The van der Waals surface area contributed by atoms with E-state index in [0.717, 1.165) is 66.5 Å². The second-order valence-corrected chi connectivity index (χ2v) is 6.70. The summed E-state index contributed by atoms with van der Waals surface area (Å²) in [5, 5.41) is 2.76. The number of carbonyl (C=O) groups is 1. The van der Waals surface area contributed by atoms with Crippen molar-refractivity contribution >= 4 is 34.0 Å². The molecule has 0 aliphatic rings. The number of amides is 1. The normalized spacial score (nSPS) is 11.2. The summed E-state index contributed by atoms with van der Waals surface area (Å²) >= 11 is 0. The van der Waals surface area contributed by atoms with Gasteiger partial charge in [0, 0.05) is 25.7 Å². The molecule has 1 amide bonds. The molecule has 0 aliphatic carbocycles. The highest BCUT2D eigenvalue weighted by Gasteiger charge is 2.17. The van der Waals surface area contributed by atoms with Gasteiger partial charge in [0.25, 0.3) is 0 Å². The third-order valence-electron chi connectivity index (χ3n) is 4.65. The molecule has 0 atom stereocenters. The Hall–Kier alpha value is -2.90. The Balaban J connectivity index is 1.85. The van der Waals surface area contributed by atoms with Crippen LogP contribution in [-0.2, 0) is 17.7 Å². The maximum Gasteiger partial charge on any atom is 0.407 e. The highest BCUT2D eigenvalue weighted by Crippen LogP contribution is 2.28. The van der Waals surface area contributed by atoms with Crippen LogP contribution in [-0.4, -0.2) is 38.8 Å². The van der Waals surface area contributed by atoms with Crippen LogP contribution in [0.25, 0.3) is 22.1 Å². The number of nitrogen functional groups attached to an aromatic ring is 1. The number of ether oxygens (including phenoxy) is 1.